The lowest BCUT2D eigenvalue weighted by Gasteiger charge is -2.32. The van der Waals surface area contributed by atoms with Crippen LogP contribution in [0.1, 0.15) is 25.3 Å². The highest BCUT2D eigenvalue weighted by Gasteiger charge is 2.39. The Morgan fingerprint density at radius 1 is 1.62 bits per heavy atom. The molecule has 86 valence electrons. The van der Waals surface area contributed by atoms with Crippen molar-refractivity contribution in [1.82, 2.24) is 0 Å². The van der Waals surface area contributed by atoms with Gasteiger partial charge in [-0.2, -0.15) is 0 Å². The minimum absolute atomic E-state index is 0.0162. The number of alkyl halides is 1. The van der Waals surface area contributed by atoms with Crippen molar-refractivity contribution in [1.29, 1.82) is 0 Å². The lowest BCUT2D eigenvalue weighted by Crippen LogP contribution is -2.41. The van der Waals surface area contributed by atoms with Gasteiger partial charge < -0.3 is 4.74 Å². The highest BCUT2D eigenvalue weighted by Crippen LogP contribution is 2.38. The normalized spacial score (nSPS) is 23.4. The van der Waals surface area contributed by atoms with Crippen molar-refractivity contribution in [2.45, 2.75) is 30.7 Å². The summed E-state index contributed by atoms with van der Waals surface area (Å²) in [6.45, 7) is 1.80. The summed E-state index contributed by atoms with van der Waals surface area (Å²) < 4.78 is 17.7. The molecule has 0 aliphatic carbocycles. The summed E-state index contributed by atoms with van der Waals surface area (Å²) in [6.07, 6.45) is 1.60. The fourth-order valence-electron chi connectivity index (χ4n) is 1.82. The number of rotatable bonds is 2. The van der Waals surface area contributed by atoms with Gasteiger partial charge in [0, 0.05) is 12.8 Å². The van der Waals surface area contributed by atoms with Crippen LogP contribution in [0.25, 0.3) is 0 Å². The average Bonchev–Trinajstić information content (AvgIpc) is 2.28. The van der Waals surface area contributed by atoms with Gasteiger partial charge in [-0.05, 0) is 46.1 Å². The number of hydrogen-bond donors (Lipinski definition) is 0. The first-order chi connectivity index (χ1) is 7.55. The van der Waals surface area contributed by atoms with Crippen LogP contribution in [0.5, 0.6) is 5.75 Å². The van der Waals surface area contributed by atoms with Gasteiger partial charge in [-0.1, -0.05) is 6.92 Å². The van der Waals surface area contributed by atoms with Crippen molar-refractivity contribution in [3.05, 3.63) is 29.6 Å². The Morgan fingerprint density at radius 2 is 2.38 bits per heavy atom. The molecule has 0 N–H and O–H groups in total. The largest absolute Gasteiger partial charge is 0.468 e. The SMILES string of the molecule is CCC(=O)C1(Br)CCc2cc(F)ccc2O1. The topological polar surface area (TPSA) is 26.3 Å². The van der Waals surface area contributed by atoms with E-state index < -0.39 is 4.51 Å². The second-order valence-electron chi connectivity index (χ2n) is 3.86. The number of carbonyl (C=O) groups excluding carboxylic acids is 1. The van der Waals surface area contributed by atoms with E-state index in [9.17, 15) is 9.18 Å². The number of ketones is 1. The predicted molar refractivity (Wildman–Crippen MR) is 62.3 cm³/mol. The molecule has 1 aromatic carbocycles. The standard InChI is InChI=1S/C12H12BrFO2/c1-2-11(15)12(13)6-5-8-7-9(14)3-4-10(8)16-12/h3-4,7H,2,5-6H2,1H3. The number of carbonyl (C=O) groups is 1. The third-order valence-electron chi connectivity index (χ3n) is 2.75. The summed E-state index contributed by atoms with van der Waals surface area (Å²) in [4.78, 5) is 11.7. The summed E-state index contributed by atoms with van der Waals surface area (Å²) in [5, 5.41) is 0. The van der Waals surface area contributed by atoms with Crippen LogP contribution in [0.3, 0.4) is 0 Å². The Bertz CT molecular complexity index is 433. The zero-order valence-electron chi connectivity index (χ0n) is 8.93. The lowest BCUT2D eigenvalue weighted by molar-refractivity contribution is -0.127. The van der Waals surface area contributed by atoms with Crippen LogP contribution in [0.15, 0.2) is 18.2 Å². The van der Waals surface area contributed by atoms with E-state index in [-0.39, 0.29) is 11.6 Å². The molecule has 0 saturated heterocycles. The Kier molecular flexibility index (Phi) is 3.02. The molecule has 0 fully saturated rings. The molecule has 2 nitrogen and oxygen atoms in total. The van der Waals surface area contributed by atoms with E-state index in [1.807, 2.05) is 0 Å². The van der Waals surface area contributed by atoms with Crippen molar-refractivity contribution in [3.8, 4) is 5.75 Å². The lowest BCUT2D eigenvalue weighted by atomic mass is 9.99. The summed E-state index contributed by atoms with van der Waals surface area (Å²) in [5.74, 6) is 0.333. The van der Waals surface area contributed by atoms with Gasteiger partial charge in [0.05, 0.1) is 0 Å². The van der Waals surface area contributed by atoms with Crippen LogP contribution in [0, 0.1) is 5.82 Å². The number of ether oxygens (including phenoxy) is 1. The minimum atomic E-state index is -0.924. The molecule has 4 heteroatoms. The van der Waals surface area contributed by atoms with E-state index in [0.717, 1.165) is 5.56 Å². The monoisotopic (exact) mass is 286 g/mol. The average molecular weight is 287 g/mol. The van der Waals surface area contributed by atoms with Crippen LogP contribution in [-0.4, -0.2) is 10.3 Å². The smallest absolute Gasteiger partial charge is 0.221 e. The molecule has 0 bridgehead atoms. The molecular formula is C12H12BrFO2. The quantitative estimate of drug-likeness (QED) is 0.781. The van der Waals surface area contributed by atoms with E-state index in [2.05, 4.69) is 15.9 Å². The number of halogens is 2. The highest BCUT2D eigenvalue weighted by atomic mass is 79.9. The second kappa shape index (κ2) is 4.17. The molecule has 1 atom stereocenters. The van der Waals surface area contributed by atoms with E-state index in [0.29, 0.717) is 25.0 Å². The maximum atomic E-state index is 13.0. The van der Waals surface area contributed by atoms with Gasteiger partial charge >= 0.3 is 0 Å². The third-order valence-corrected chi connectivity index (χ3v) is 3.75. The molecule has 1 aromatic rings. The van der Waals surface area contributed by atoms with Gasteiger partial charge in [-0.25, -0.2) is 4.39 Å². The van der Waals surface area contributed by atoms with E-state index in [1.54, 1.807) is 13.0 Å². The van der Waals surface area contributed by atoms with Gasteiger partial charge in [0.25, 0.3) is 0 Å². The fraction of sp³-hybridized carbons (Fsp3) is 0.417. The van der Waals surface area contributed by atoms with Crippen molar-refractivity contribution in [3.63, 3.8) is 0 Å². The molecule has 2 rings (SSSR count). The predicted octanol–water partition coefficient (Wildman–Crippen LogP) is 3.22. The van der Waals surface area contributed by atoms with Gasteiger partial charge in [0.2, 0.25) is 4.51 Å². The fourth-order valence-corrected chi connectivity index (χ4v) is 2.48. The first-order valence-corrected chi connectivity index (χ1v) is 6.04. The van der Waals surface area contributed by atoms with Crippen LogP contribution in [0.4, 0.5) is 4.39 Å². The molecule has 16 heavy (non-hydrogen) atoms. The molecule has 1 aliphatic heterocycles. The zero-order chi connectivity index (χ0) is 11.8. The number of fused-ring (bicyclic) bond motifs is 1. The number of aryl methyl sites for hydroxylation is 1. The number of hydrogen-bond acceptors (Lipinski definition) is 2. The Balaban J connectivity index is 2.30. The Morgan fingerprint density at radius 3 is 3.06 bits per heavy atom. The summed E-state index contributed by atoms with van der Waals surface area (Å²) in [7, 11) is 0. The summed E-state index contributed by atoms with van der Waals surface area (Å²) in [6, 6.07) is 4.37. The van der Waals surface area contributed by atoms with Crippen LogP contribution >= 0.6 is 15.9 Å². The summed E-state index contributed by atoms with van der Waals surface area (Å²) in [5.41, 5.74) is 0.818. The van der Waals surface area contributed by atoms with Crippen LogP contribution in [-0.2, 0) is 11.2 Å². The van der Waals surface area contributed by atoms with Gasteiger partial charge in [-0.3, -0.25) is 4.79 Å². The third kappa shape index (κ3) is 1.98. The first kappa shape index (κ1) is 11.6. The molecule has 0 saturated carbocycles. The summed E-state index contributed by atoms with van der Waals surface area (Å²) >= 11 is 3.34. The molecule has 0 spiro atoms. The number of benzene rings is 1. The van der Waals surface area contributed by atoms with Gasteiger partial charge in [0.15, 0.2) is 5.78 Å². The Labute approximate surface area is 102 Å². The molecular weight excluding hydrogens is 275 g/mol. The molecule has 1 heterocycles. The maximum Gasteiger partial charge on any atom is 0.221 e. The van der Waals surface area contributed by atoms with Crippen molar-refractivity contribution < 1.29 is 13.9 Å². The minimum Gasteiger partial charge on any atom is -0.468 e. The van der Waals surface area contributed by atoms with Crippen molar-refractivity contribution >= 4 is 21.7 Å². The van der Waals surface area contributed by atoms with E-state index in [4.69, 9.17) is 4.74 Å². The highest BCUT2D eigenvalue weighted by molar-refractivity contribution is 9.10. The van der Waals surface area contributed by atoms with Crippen molar-refractivity contribution in [2.24, 2.45) is 0 Å². The number of Topliss-reactive ketones (excluding diaryl/α,β-unsaturated/α-hetero) is 1. The van der Waals surface area contributed by atoms with Gasteiger partial charge in [0.1, 0.15) is 11.6 Å². The second-order valence-corrected chi connectivity index (χ2v) is 5.14. The zero-order valence-corrected chi connectivity index (χ0v) is 10.5. The van der Waals surface area contributed by atoms with Crippen LogP contribution in [0.2, 0.25) is 0 Å². The molecule has 1 unspecified atom stereocenters. The molecule has 0 amide bonds. The van der Waals surface area contributed by atoms with E-state index >= 15 is 0 Å². The van der Waals surface area contributed by atoms with Crippen molar-refractivity contribution in [2.75, 3.05) is 0 Å². The van der Waals surface area contributed by atoms with E-state index in [1.165, 1.54) is 12.1 Å². The van der Waals surface area contributed by atoms with Crippen LogP contribution < -0.4 is 4.74 Å². The molecule has 0 radical (unpaired) electrons. The molecule has 0 aromatic heterocycles. The molecule has 1 aliphatic rings. The maximum absolute atomic E-state index is 13.0. The Hall–Kier alpha value is -0.900. The van der Waals surface area contributed by atoms with Gasteiger partial charge in [-0.15, -0.1) is 0 Å². The first-order valence-electron chi connectivity index (χ1n) is 5.25.